The van der Waals surface area contributed by atoms with Gasteiger partial charge in [-0.15, -0.1) is 17.0 Å². The lowest BCUT2D eigenvalue weighted by Gasteiger charge is -2.03. The summed E-state index contributed by atoms with van der Waals surface area (Å²) in [7, 11) is 0. The maximum Gasteiger partial charge on any atom is 0.166 e. The maximum absolute atomic E-state index is 8.06. The van der Waals surface area contributed by atoms with Gasteiger partial charge in [-0.3, -0.25) is 0 Å². The summed E-state index contributed by atoms with van der Waals surface area (Å²) in [6.45, 7) is 1.52. The van der Waals surface area contributed by atoms with E-state index in [1.807, 2.05) is 0 Å². The van der Waals surface area contributed by atoms with Crippen LogP contribution in [-0.4, -0.2) is 22.5 Å². The SMILES string of the molecule is Br.CC(N)C(O)O. The highest BCUT2D eigenvalue weighted by Crippen LogP contribution is 1.77. The zero-order valence-corrected chi connectivity index (χ0v) is 5.75. The lowest BCUT2D eigenvalue weighted by atomic mass is 10.4. The molecule has 7 heavy (non-hydrogen) atoms. The molecule has 0 saturated heterocycles. The first-order valence-electron chi connectivity index (χ1n) is 1.76. The molecule has 0 heterocycles. The van der Waals surface area contributed by atoms with E-state index in [9.17, 15) is 0 Å². The molecule has 0 saturated carbocycles. The van der Waals surface area contributed by atoms with Gasteiger partial charge < -0.3 is 15.9 Å². The maximum atomic E-state index is 8.06. The van der Waals surface area contributed by atoms with Crippen molar-refractivity contribution < 1.29 is 10.2 Å². The lowest BCUT2D eigenvalue weighted by Crippen LogP contribution is -2.30. The summed E-state index contributed by atoms with van der Waals surface area (Å²) >= 11 is 0. The first-order chi connectivity index (χ1) is 2.64. The largest absolute Gasteiger partial charge is 0.367 e. The van der Waals surface area contributed by atoms with E-state index >= 15 is 0 Å². The van der Waals surface area contributed by atoms with Crippen molar-refractivity contribution in [2.24, 2.45) is 5.73 Å². The Bertz CT molecular complexity index is 33.9. The smallest absolute Gasteiger partial charge is 0.166 e. The van der Waals surface area contributed by atoms with Crippen LogP contribution in [0.25, 0.3) is 0 Å². The number of hydrogen-bond donors (Lipinski definition) is 3. The molecule has 0 bridgehead atoms. The highest BCUT2D eigenvalue weighted by atomic mass is 79.9. The fraction of sp³-hybridized carbons (Fsp3) is 1.00. The molecule has 0 rings (SSSR count). The van der Waals surface area contributed by atoms with Crippen molar-refractivity contribution in [2.75, 3.05) is 0 Å². The number of aliphatic hydroxyl groups is 2. The lowest BCUT2D eigenvalue weighted by molar-refractivity contribution is -0.0538. The fourth-order valence-electron chi connectivity index (χ4n) is 0. The molecule has 0 aromatic carbocycles. The predicted octanol–water partition coefficient (Wildman–Crippen LogP) is -0.778. The zero-order chi connectivity index (χ0) is 5.15. The highest BCUT2D eigenvalue weighted by molar-refractivity contribution is 8.93. The Kier molecular flexibility index (Phi) is 6.69. The first-order valence-corrected chi connectivity index (χ1v) is 1.76. The summed E-state index contributed by atoms with van der Waals surface area (Å²) in [6, 6.07) is -0.537. The molecule has 1 atom stereocenters. The Balaban J connectivity index is 0. The number of hydrogen-bond acceptors (Lipinski definition) is 3. The molecule has 46 valence electrons. The normalized spacial score (nSPS) is 13.3. The fourth-order valence-corrected chi connectivity index (χ4v) is 0. The Hall–Kier alpha value is 0.360. The summed E-state index contributed by atoms with van der Waals surface area (Å²) in [5, 5.41) is 16.1. The predicted molar refractivity (Wildman–Crippen MR) is 32.2 cm³/mol. The summed E-state index contributed by atoms with van der Waals surface area (Å²) in [4.78, 5) is 0. The molecular weight excluding hydrogens is 162 g/mol. The van der Waals surface area contributed by atoms with Crippen molar-refractivity contribution in [3.05, 3.63) is 0 Å². The molecular formula is C3H10BrNO2. The van der Waals surface area contributed by atoms with Crippen molar-refractivity contribution >= 4 is 17.0 Å². The minimum atomic E-state index is -1.37. The van der Waals surface area contributed by atoms with Gasteiger partial charge in [0.2, 0.25) is 0 Å². The molecule has 0 fully saturated rings. The van der Waals surface area contributed by atoms with Crippen LogP contribution in [0.3, 0.4) is 0 Å². The van der Waals surface area contributed by atoms with Gasteiger partial charge in [0.1, 0.15) is 0 Å². The molecule has 0 aliphatic heterocycles. The number of halogens is 1. The van der Waals surface area contributed by atoms with Crippen LogP contribution in [0.15, 0.2) is 0 Å². The van der Waals surface area contributed by atoms with E-state index in [1.165, 1.54) is 6.92 Å². The van der Waals surface area contributed by atoms with Gasteiger partial charge in [-0.1, -0.05) is 0 Å². The summed E-state index contributed by atoms with van der Waals surface area (Å²) < 4.78 is 0. The van der Waals surface area contributed by atoms with Crippen molar-refractivity contribution in [1.29, 1.82) is 0 Å². The van der Waals surface area contributed by atoms with Crippen LogP contribution in [0.1, 0.15) is 6.92 Å². The Morgan fingerprint density at radius 2 is 1.57 bits per heavy atom. The van der Waals surface area contributed by atoms with E-state index in [0.717, 1.165) is 0 Å². The van der Waals surface area contributed by atoms with E-state index in [2.05, 4.69) is 0 Å². The van der Waals surface area contributed by atoms with Crippen LogP contribution in [0.4, 0.5) is 0 Å². The molecule has 0 spiro atoms. The monoisotopic (exact) mass is 171 g/mol. The first kappa shape index (κ1) is 10.4. The van der Waals surface area contributed by atoms with Crippen LogP contribution < -0.4 is 5.73 Å². The second-order valence-corrected chi connectivity index (χ2v) is 1.27. The van der Waals surface area contributed by atoms with Crippen LogP contribution >= 0.6 is 17.0 Å². The Morgan fingerprint density at radius 1 is 1.43 bits per heavy atom. The van der Waals surface area contributed by atoms with E-state index in [-0.39, 0.29) is 17.0 Å². The Morgan fingerprint density at radius 3 is 1.57 bits per heavy atom. The van der Waals surface area contributed by atoms with E-state index in [0.29, 0.717) is 0 Å². The Labute approximate surface area is 52.9 Å². The van der Waals surface area contributed by atoms with E-state index in [1.54, 1.807) is 0 Å². The van der Waals surface area contributed by atoms with Crippen LogP contribution in [0, 0.1) is 0 Å². The molecule has 3 nitrogen and oxygen atoms in total. The number of aliphatic hydroxyl groups excluding tert-OH is 1. The molecule has 0 amide bonds. The van der Waals surface area contributed by atoms with Gasteiger partial charge in [0.15, 0.2) is 6.29 Å². The van der Waals surface area contributed by atoms with Gasteiger partial charge in [-0.25, -0.2) is 0 Å². The minimum absolute atomic E-state index is 0. The van der Waals surface area contributed by atoms with E-state index < -0.39 is 12.3 Å². The number of rotatable bonds is 1. The standard InChI is InChI=1S/C3H9NO2.BrH/c1-2(4)3(5)6;/h2-3,5-6H,4H2,1H3;1H. The molecule has 0 aromatic heterocycles. The van der Waals surface area contributed by atoms with Gasteiger partial charge in [0.25, 0.3) is 0 Å². The molecule has 0 aliphatic carbocycles. The third-order valence-electron chi connectivity index (χ3n) is 0.470. The van der Waals surface area contributed by atoms with Crippen molar-refractivity contribution in [2.45, 2.75) is 19.3 Å². The average molecular weight is 172 g/mol. The molecule has 0 aromatic rings. The summed E-state index contributed by atoms with van der Waals surface area (Å²) in [6.07, 6.45) is -1.37. The van der Waals surface area contributed by atoms with Crippen molar-refractivity contribution in [3.8, 4) is 0 Å². The topological polar surface area (TPSA) is 66.5 Å². The van der Waals surface area contributed by atoms with Gasteiger partial charge in [0.05, 0.1) is 6.04 Å². The minimum Gasteiger partial charge on any atom is -0.367 e. The third-order valence-corrected chi connectivity index (χ3v) is 0.470. The third kappa shape index (κ3) is 6.36. The molecule has 4 heteroatoms. The highest BCUT2D eigenvalue weighted by Gasteiger charge is 2.00. The molecule has 0 aliphatic rings. The van der Waals surface area contributed by atoms with Crippen molar-refractivity contribution in [1.82, 2.24) is 0 Å². The van der Waals surface area contributed by atoms with Gasteiger partial charge in [-0.2, -0.15) is 0 Å². The second-order valence-electron chi connectivity index (χ2n) is 1.27. The van der Waals surface area contributed by atoms with Crippen molar-refractivity contribution in [3.63, 3.8) is 0 Å². The van der Waals surface area contributed by atoms with Gasteiger partial charge in [0, 0.05) is 0 Å². The summed E-state index contributed by atoms with van der Waals surface area (Å²) in [5.74, 6) is 0. The second kappa shape index (κ2) is 4.52. The molecule has 0 radical (unpaired) electrons. The zero-order valence-electron chi connectivity index (χ0n) is 4.03. The summed E-state index contributed by atoms with van der Waals surface area (Å²) in [5.41, 5.74) is 4.94. The van der Waals surface area contributed by atoms with Gasteiger partial charge in [-0.05, 0) is 6.92 Å². The number of nitrogens with two attached hydrogens (primary N) is 1. The van der Waals surface area contributed by atoms with Gasteiger partial charge >= 0.3 is 0 Å². The van der Waals surface area contributed by atoms with Crippen LogP contribution in [0.2, 0.25) is 0 Å². The van der Waals surface area contributed by atoms with E-state index in [4.69, 9.17) is 15.9 Å². The molecule has 1 unspecified atom stereocenters. The molecule has 4 N–H and O–H groups in total. The average Bonchev–Trinajstić information content (AvgIpc) is 1.36. The quantitative estimate of drug-likeness (QED) is 0.454. The van der Waals surface area contributed by atoms with Crippen LogP contribution in [-0.2, 0) is 0 Å². The van der Waals surface area contributed by atoms with Crippen LogP contribution in [0.5, 0.6) is 0 Å².